The molecule has 2 amide bonds. The van der Waals surface area contributed by atoms with Crippen molar-refractivity contribution >= 4 is 12.2 Å². The van der Waals surface area contributed by atoms with Crippen molar-refractivity contribution in [1.29, 1.82) is 0 Å². The summed E-state index contributed by atoms with van der Waals surface area (Å²) in [6.45, 7) is 7.15. The van der Waals surface area contributed by atoms with Gasteiger partial charge in [0.2, 0.25) is 0 Å². The Morgan fingerprint density at radius 3 is 2.74 bits per heavy atom. The number of carbonyl (C=O) groups excluding carboxylic acids is 2. The molecule has 0 aromatic rings. The van der Waals surface area contributed by atoms with Gasteiger partial charge in [0.15, 0.2) is 0 Å². The van der Waals surface area contributed by atoms with Crippen molar-refractivity contribution in [3.05, 3.63) is 0 Å². The third kappa shape index (κ3) is 3.73. The van der Waals surface area contributed by atoms with Crippen molar-refractivity contribution in [2.45, 2.75) is 38.6 Å². The van der Waals surface area contributed by atoms with Crippen LogP contribution in [0.5, 0.6) is 0 Å². The number of rotatable bonds is 1. The molecule has 0 aromatic carbocycles. The summed E-state index contributed by atoms with van der Waals surface area (Å²) in [4.78, 5) is 24.6. The minimum Gasteiger partial charge on any atom is -0.444 e. The zero-order valence-corrected chi connectivity index (χ0v) is 11.5. The quantitative estimate of drug-likeness (QED) is 0.761. The molecule has 108 valence electrons. The Morgan fingerprint density at radius 2 is 2.16 bits per heavy atom. The molecule has 2 aliphatic rings. The van der Waals surface area contributed by atoms with E-state index in [0.717, 1.165) is 0 Å². The molecule has 19 heavy (non-hydrogen) atoms. The van der Waals surface area contributed by atoms with Crippen molar-refractivity contribution in [1.82, 2.24) is 10.2 Å². The summed E-state index contributed by atoms with van der Waals surface area (Å²) in [5, 5.41) is 2.57. The topological polar surface area (TPSA) is 77.1 Å². The molecule has 0 saturated carbocycles. The second-order valence-electron chi connectivity index (χ2n) is 5.66. The summed E-state index contributed by atoms with van der Waals surface area (Å²) in [5.41, 5.74) is -0.522. The Labute approximate surface area is 112 Å². The number of morpholine rings is 1. The lowest BCUT2D eigenvalue weighted by molar-refractivity contribution is -0.0805. The van der Waals surface area contributed by atoms with E-state index in [4.69, 9.17) is 14.2 Å². The molecule has 2 fully saturated rings. The molecule has 7 heteroatoms. The number of ether oxygens (including phenoxy) is 3. The maximum absolute atomic E-state index is 12.0. The third-order valence-electron chi connectivity index (χ3n) is 2.87. The van der Waals surface area contributed by atoms with Gasteiger partial charge in [-0.25, -0.2) is 9.59 Å². The number of carbonyl (C=O) groups is 2. The second-order valence-corrected chi connectivity index (χ2v) is 5.66. The Bertz CT molecular complexity index is 366. The molecule has 0 aliphatic carbocycles. The van der Waals surface area contributed by atoms with Crippen LogP contribution in [0.15, 0.2) is 0 Å². The predicted octanol–water partition coefficient (Wildman–Crippen LogP) is 0.731. The van der Waals surface area contributed by atoms with E-state index >= 15 is 0 Å². The highest BCUT2D eigenvalue weighted by molar-refractivity contribution is 5.70. The van der Waals surface area contributed by atoms with Gasteiger partial charge >= 0.3 is 12.2 Å². The Balaban J connectivity index is 1.90. The second kappa shape index (κ2) is 5.24. The van der Waals surface area contributed by atoms with E-state index in [1.165, 1.54) is 0 Å². The average molecular weight is 272 g/mol. The van der Waals surface area contributed by atoms with E-state index in [0.29, 0.717) is 26.2 Å². The third-order valence-corrected chi connectivity index (χ3v) is 2.87. The molecule has 0 spiro atoms. The van der Waals surface area contributed by atoms with Crippen molar-refractivity contribution in [2.75, 3.05) is 26.2 Å². The molecule has 2 saturated heterocycles. The van der Waals surface area contributed by atoms with Gasteiger partial charge in [0.25, 0.3) is 0 Å². The first kappa shape index (κ1) is 13.9. The van der Waals surface area contributed by atoms with Crippen LogP contribution in [0.2, 0.25) is 0 Å². The summed E-state index contributed by atoms with van der Waals surface area (Å²) in [7, 11) is 0. The minimum absolute atomic E-state index is 0.305. The Kier molecular flexibility index (Phi) is 3.84. The Morgan fingerprint density at radius 1 is 1.42 bits per heavy atom. The zero-order valence-electron chi connectivity index (χ0n) is 11.5. The van der Waals surface area contributed by atoms with Crippen LogP contribution >= 0.6 is 0 Å². The van der Waals surface area contributed by atoms with Crippen LogP contribution in [0.3, 0.4) is 0 Å². The van der Waals surface area contributed by atoms with E-state index in [1.807, 2.05) is 20.8 Å². The van der Waals surface area contributed by atoms with E-state index in [1.54, 1.807) is 4.90 Å². The van der Waals surface area contributed by atoms with E-state index in [9.17, 15) is 9.59 Å². The SMILES string of the molecule is CC(C)(C)OC(=O)N1CCOC(C2CNC(=O)O2)C1. The molecule has 2 heterocycles. The number of hydrogen-bond acceptors (Lipinski definition) is 5. The van der Waals surface area contributed by atoms with Crippen molar-refractivity contribution in [2.24, 2.45) is 0 Å². The van der Waals surface area contributed by atoms with E-state index in [2.05, 4.69) is 5.32 Å². The monoisotopic (exact) mass is 272 g/mol. The Hall–Kier alpha value is -1.50. The minimum atomic E-state index is -0.522. The van der Waals surface area contributed by atoms with Crippen LogP contribution in [-0.2, 0) is 14.2 Å². The van der Waals surface area contributed by atoms with E-state index in [-0.39, 0.29) is 18.3 Å². The van der Waals surface area contributed by atoms with Gasteiger partial charge in [0.05, 0.1) is 19.7 Å². The van der Waals surface area contributed by atoms with Gasteiger partial charge in [-0.2, -0.15) is 0 Å². The standard InChI is InChI=1S/C12H20N2O5/c1-12(2,3)19-11(16)14-4-5-17-9(7-14)8-6-13-10(15)18-8/h8-9H,4-7H2,1-3H3,(H,13,15). The lowest BCUT2D eigenvalue weighted by Gasteiger charge is -2.35. The first-order valence-electron chi connectivity index (χ1n) is 6.39. The maximum Gasteiger partial charge on any atom is 0.410 e. The van der Waals surface area contributed by atoms with Gasteiger partial charge in [-0.05, 0) is 20.8 Å². The van der Waals surface area contributed by atoms with Crippen molar-refractivity contribution < 1.29 is 23.8 Å². The van der Waals surface area contributed by atoms with Crippen LogP contribution in [0.25, 0.3) is 0 Å². The number of amides is 2. The van der Waals surface area contributed by atoms with Crippen LogP contribution in [-0.4, -0.2) is 61.1 Å². The molecule has 2 unspecified atom stereocenters. The fraction of sp³-hybridized carbons (Fsp3) is 0.833. The van der Waals surface area contributed by atoms with E-state index < -0.39 is 11.7 Å². The maximum atomic E-state index is 12.0. The van der Waals surface area contributed by atoms with Gasteiger partial charge < -0.3 is 24.4 Å². The van der Waals surface area contributed by atoms with Crippen LogP contribution < -0.4 is 5.32 Å². The summed E-state index contributed by atoms with van der Waals surface area (Å²) in [6.07, 6.45) is -1.46. The molecule has 2 rings (SSSR count). The number of nitrogens with one attached hydrogen (secondary N) is 1. The molecular weight excluding hydrogens is 252 g/mol. The highest BCUT2D eigenvalue weighted by Crippen LogP contribution is 2.17. The predicted molar refractivity (Wildman–Crippen MR) is 65.8 cm³/mol. The summed E-state index contributed by atoms with van der Waals surface area (Å²) in [6, 6.07) is 0. The normalized spacial score (nSPS) is 27.7. The number of hydrogen-bond donors (Lipinski definition) is 1. The van der Waals surface area contributed by atoms with Crippen LogP contribution in [0.1, 0.15) is 20.8 Å². The van der Waals surface area contributed by atoms with Crippen LogP contribution in [0.4, 0.5) is 9.59 Å². The molecule has 7 nitrogen and oxygen atoms in total. The lowest BCUT2D eigenvalue weighted by Crippen LogP contribution is -2.51. The summed E-state index contributed by atoms with van der Waals surface area (Å²) in [5.74, 6) is 0. The van der Waals surface area contributed by atoms with Crippen molar-refractivity contribution in [3.63, 3.8) is 0 Å². The molecule has 0 radical (unpaired) electrons. The van der Waals surface area contributed by atoms with Crippen molar-refractivity contribution in [3.8, 4) is 0 Å². The molecule has 0 aromatic heterocycles. The largest absolute Gasteiger partial charge is 0.444 e. The summed E-state index contributed by atoms with van der Waals surface area (Å²) >= 11 is 0. The molecular formula is C12H20N2O5. The van der Waals surface area contributed by atoms with Gasteiger partial charge in [0.1, 0.15) is 17.8 Å². The number of cyclic esters (lactones) is 1. The average Bonchev–Trinajstić information content (AvgIpc) is 2.74. The molecule has 0 bridgehead atoms. The fourth-order valence-electron chi connectivity index (χ4n) is 2.00. The first-order valence-corrected chi connectivity index (χ1v) is 6.39. The summed E-state index contributed by atoms with van der Waals surface area (Å²) < 4.78 is 15.9. The zero-order chi connectivity index (χ0) is 14.0. The number of nitrogens with zero attached hydrogens (tertiary/aromatic N) is 1. The first-order chi connectivity index (χ1) is 8.85. The fourth-order valence-corrected chi connectivity index (χ4v) is 2.00. The highest BCUT2D eigenvalue weighted by Gasteiger charge is 2.37. The van der Waals surface area contributed by atoms with Crippen LogP contribution in [0, 0.1) is 0 Å². The molecule has 1 N–H and O–H groups in total. The number of alkyl carbamates (subject to hydrolysis) is 1. The lowest BCUT2D eigenvalue weighted by atomic mass is 10.1. The van der Waals surface area contributed by atoms with Gasteiger partial charge in [-0.3, -0.25) is 0 Å². The smallest absolute Gasteiger partial charge is 0.410 e. The van der Waals surface area contributed by atoms with Gasteiger partial charge in [0, 0.05) is 6.54 Å². The highest BCUT2D eigenvalue weighted by atomic mass is 16.6. The van der Waals surface area contributed by atoms with Gasteiger partial charge in [-0.15, -0.1) is 0 Å². The van der Waals surface area contributed by atoms with Gasteiger partial charge in [-0.1, -0.05) is 0 Å². The molecule has 2 aliphatic heterocycles. The molecule has 2 atom stereocenters.